The second-order valence-corrected chi connectivity index (χ2v) is 4.31. The van der Waals surface area contributed by atoms with Gasteiger partial charge < -0.3 is 9.84 Å². The first-order valence-corrected chi connectivity index (χ1v) is 5.44. The lowest BCUT2D eigenvalue weighted by atomic mass is 9.73. The predicted octanol–water partition coefficient (Wildman–Crippen LogP) is 2.08. The summed E-state index contributed by atoms with van der Waals surface area (Å²) >= 11 is 0. The number of nitrogens with zero attached hydrogens (tertiary/aromatic N) is 1. The molecule has 0 amide bonds. The molecule has 1 aromatic carbocycles. The molecule has 3 nitrogen and oxygen atoms in total. The normalized spacial score (nSPS) is 17.6. The predicted molar refractivity (Wildman–Crippen MR) is 59.6 cm³/mol. The molecule has 1 aromatic rings. The first-order chi connectivity index (χ1) is 7.69. The summed E-state index contributed by atoms with van der Waals surface area (Å²) in [6.07, 6.45) is 2.54. The molecule has 0 saturated heterocycles. The van der Waals surface area contributed by atoms with Crippen molar-refractivity contribution in [3.05, 3.63) is 34.9 Å². The summed E-state index contributed by atoms with van der Waals surface area (Å²) in [4.78, 5) is 0. The summed E-state index contributed by atoms with van der Waals surface area (Å²) in [7, 11) is 1.62. The number of ether oxygens (including phenoxy) is 1. The molecule has 1 fully saturated rings. The monoisotopic (exact) mass is 217 g/mol. The van der Waals surface area contributed by atoms with Crippen molar-refractivity contribution in [3.63, 3.8) is 0 Å². The molecule has 1 aliphatic rings. The largest absolute Gasteiger partial charge is 0.385 e. The molecule has 0 spiro atoms. The van der Waals surface area contributed by atoms with Crippen molar-refractivity contribution in [1.82, 2.24) is 0 Å². The SMILES string of the molecule is COCc1ccc(C2(O)CCC2)c(C#N)c1. The van der Waals surface area contributed by atoms with Crippen molar-refractivity contribution in [3.8, 4) is 6.07 Å². The van der Waals surface area contributed by atoms with Gasteiger partial charge in [0.25, 0.3) is 0 Å². The van der Waals surface area contributed by atoms with Crippen molar-refractivity contribution in [2.45, 2.75) is 31.5 Å². The van der Waals surface area contributed by atoms with Crippen LogP contribution in [-0.4, -0.2) is 12.2 Å². The van der Waals surface area contributed by atoms with E-state index in [-0.39, 0.29) is 0 Å². The molecular weight excluding hydrogens is 202 g/mol. The molecule has 0 bridgehead atoms. The topological polar surface area (TPSA) is 53.2 Å². The van der Waals surface area contributed by atoms with Crippen LogP contribution in [0.5, 0.6) is 0 Å². The molecule has 1 N–H and O–H groups in total. The van der Waals surface area contributed by atoms with Gasteiger partial charge in [-0.1, -0.05) is 12.1 Å². The lowest BCUT2D eigenvalue weighted by Gasteiger charge is -2.37. The summed E-state index contributed by atoms with van der Waals surface area (Å²) in [5, 5.41) is 19.3. The van der Waals surface area contributed by atoms with E-state index >= 15 is 0 Å². The summed E-state index contributed by atoms with van der Waals surface area (Å²) in [6, 6.07) is 7.72. The highest BCUT2D eigenvalue weighted by molar-refractivity contribution is 5.44. The van der Waals surface area contributed by atoms with Gasteiger partial charge in [-0.05, 0) is 30.9 Å². The zero-order chi connectivity index (χ0) is 11.6. The van der Waals surface area contributed by atoms with Crippen LogP contribution in [0.3, 0.4) is 0 Å². The van der Waals surface area contributed by atoms with Crippen molar-refractivity contribution >= 4 is 0 Å². The highest BCUT2D eigenvalue weighted by atomic mass is 16.5. The van der Waals surface area contributed by atoms with Gasteiger partial charge in [0.2, 0.25) is 0 Å². The Hall–Kier alpha value is -1.37. The molecule has 0 aromatic heterocycles. The molecule has 1 saturated carbocycles. The van der Waals surface area contributed by atoms with Gasteiger partial charge in [-0.3, -0.25) is 0 Å². The number of methoxy groups -OCH3 is 1. The minimum absolute atomic E-state index is 0.493. The highest BCUT2D eigenvalue weighted by Gasteiger charge is 2.37. The first kappa shape index (κ1) is 11.1. The zero-order valence-electron chi connectivity index (χ0n) is 9.36. The zero-order valence-corrected chi connectivity index (χ0v) is 9.36. The maximum absolute atomic E-state index is 10.2. The molecule has 0 radical (unpaired) electrons. The van der Waals surface area contributed by atoms with Gasteiger partial charge in [-0.2, -0.15) is 5.26 Å². The van der Waals surface area contributed by atoms with E-state index in [1.807, 2.05) is 12.1 Å². The number of benzene rings is 1. The van der Waals surface area contributed by atoms with E-state index in [1.165, 1.54) is 0 Å². The molecule has 16 heavy (non-hydrogen) atoms. The van der Waals surface area contributed by atoms with Crippen LogP contribution < -0.4 is 0 Å². The number of aliphatic hydroxyl groups is 1. The third kappa shape index (κ3) is 1.82. The lowest BCUT2D eigenvalue weighted by molar-refractivity contribution is -0.0390. The van der Waals surface area contributed by atoms with Crippen molar-refractivity contribution in [2.75, 3.05) is 7.11 Å². The van der Waals surface area contributed by atoms with Crippen LogP contribution in [-0.2, 0) is 16.9 Å². The van der Waals surface area contributed by atoms with Crippen molar-refractivity contribution in [2.24, 2.45) is 0 Å². The fourth-order valence-corrected chi connectivity index (χ4v) is 2.13. The first-order valence-electron chi connectivity index (χ1n) is 5.44. The van der Waals surface area contributed by atoms with E-state index in [0.29, 0.717) is 12.2 Å². The van der Waals surface area contributed by atoms with Crippen LogP contribution in [0.25, 0.3) is 0 Å². The number of hydrogen-bond donors (Lipinski definition) is 1. The summed E-state index contributed by atoms with van der Waals surface area (Å²) < 4.78 is 5.02. The van der Waals surface area contributed by atoms with Crippen LogP contribution in [0.4, 0.5) is 0 Å². The Labute approximate surface area is 95.3 Å². The fraction of sp³-hybridized carbons (Fsp3) is 0.462. The van der Waals surface area contributed by atoms with E-state index in [1.54, 1.807) is 13.2 Å². The Bertz CT molecular complexity index is 430. The Morgan fingerprint density at radius 2 is 2.25 bits per heavy atom. The quantitative estimate of drug-likeness (QED) is 0.843. The molecule has 0 heterocycles. The second kappa shape index (κ2) is 4.25. The average Bonchev–Trinajstić information content (AvgIpc) is 2.26. The minimum Gasteiger partial charge on any atom is -0.385 e. The highest BCUT2D eigenvalue weighted by Crippen LogP contribution is 2.42. The van der Waals surface area contributed by atoms with E-state index in [0.717, 1.165) is 30.4 Å². The Morgan fingerprint density at radius 1 is 1.50 bits per heavy atom. The van der Waals surface area contributed by atoms with E-state index in [2.05, 4.69) is 6.07 Å². The van der Waals surface area contributed by atoms with Crippen LogP contribution in [0.2, 0.25) is 0 Å². The van der Waals surface area contributed by atoms with Gasteiger partial charge >= 0.3 is 0 Å². The van der Waals surface area contributed by atoms with Gasteiger partial charge in [0.1, 0.15) is 0 Å². The molecule has 0 atom stereocenters. The van der Waals surface area contributed by atoms with Gasteiger partial charge in [0.15, 0.2) is 0 Å². The van der Waals surface area contributed by atoms with Crippen molar-refractivity contribution in [1.29, 1.82) is 5.26 Å². The molecule has 1 aliphatic carbocycles. The summed E-state index contributed by atoms with van der Waals surface area (Å²) in [5.41, 5.74) is 1.53. The van der Waals surface area contributed by atoms with E-state index in [4.69, 9.17) is 10.00 Å². The average molecular weight is 217 g/mol. The van der Waals surface area contributed by atoms with E-state index in [9.17, 15) is 5.11 Å². The molecule has 2 rings (SSSR count). The smallest absolute Gasteiger partial charge is 0.0995 e. The van der Waals surface area contributed by atoms with Crippen LogP contribution >= 0.6 is 0 Å². The Kier molecular flexibility index (Phi) is 2.95. The van der Waals surface area contributed by atoms with Gasteiger partial charge in [0.05, 0.1) is 23.8 Å². The van der Waals surface area contributed by atoms with Crippen LogP contribution in [0.1, 0.15) is 36.0 Å². The number of nitriles is 1. The third-order valence-electron chi connectivity index (χ3n) is 3.20. The van der Waals surface area contributed by atoms with Crippen LogP contribution in [0.15, 0.2) is 18.2 Å². The number of rotatable bonds is 3. The third-order valence-corrected chi connectivity index (χ3v) is 3.20. The Balaban J connectivity index is 2.36. The maximum atomic E-state index is 10.2. The molecular formula is C13H15NO2. The molecule has 84 valence electrons. The fourth-order valence-electron chi connectivity index (χ4n) is 2.13. The van der Waals surface area contributed by atoms with E-state index < -0.39 is 5.60 Å². The lowest BCUT2D eigenvalue weighted by Crippen LogP contribution is -2.34. The van der Waals surface area contributed by atoms with Gasteiger partial charge in [0, 0.05) is 12.7 Å². The van der Waals surface area contributed by atoms with Gasteiger partial charge in [-0.15, -0.1) is 0 Å². The standard InChI is InChI=1S/C13H15NO2/c1-16-9-10-3-4-12(11(7-10)8-14)13(15)5-2-6-13/h3-4,7,15H,2,5-6,9H2,1H3. The van der Waals surface area contributed by atoms with Crippen LogP contribution in [0, 0.1) is 11.3 Å². The summed E-state index contributed by atoms with van der Waals surface area (Å²) in [6.45, 7) is 0.493. The Morgan fingerprint density at radius 3 is 2.75 bits per heavy atom. The molecule has 0 unspecified atom stereocenters. The maximum Gasteiger partial charge on any atom is 0.0995 e. The molecule has 0 aliphatic heterocycles. The van der Waals surface area contributed by atoms with Gasteiger partial charge in [-0.25, -0.2) is 0 Å². The summed E-state index contributed by atoms with van der Waals surface area (Å²) in [5.74, 6) is 0. The van der Waals surface area contributed by atoms with Crippen molar-refractivity contribution < 1.29 is 9.84 Å². The number of hydrogen-bond acceptors (Lipinski definition) is 3. The molecule has 3 heteroatoms. The minimum atomic E-state index is -0.767. The second-order valence-electron chi connectivity index (χ2n) is 4.31.